The SMILES string of the molecule is COC(=O)c1c[nH]c2ncccc12.COC(=O)c1cn(Cc2ccc3ncc(Cl)cc3c2)c2ncccc12.Cc1cc(N)nc(C)c1CNC(=O)c1cn(Cc2ccc3ncc(Cl)cc3c2)c2ncccc12.ClCc1ccc2ncc(Cl)cc2c1. The number of carbonyl (C=O) groups excluding carboxylic acids is 3. The molecule has 0 aliphatic rings. The van der Waals surface area contributed by atoms with Gasteiger partial charge in [-0.1, -0.05) is 53.0 Å². The third-order valence-electron chi connectivity index (χ3n) is 13.8. The molecule has 3 aromatic carbocycles. The third kappa shape index (κ3) is 13.6. The van der Waals surface area contributed by atoms with E-state index >= 15 is 0 Å². The number of pyridine rings is 7. The van der Waals surface area contributed by atoms with Crippen LogP contribution in [0, 0.1) is 13.8 Å². The van der Waals surface area contributed by atoms with E-state index in [9.17, 15) is 14.4 Å². The highest BCUT2D eigenvalue weighted by atomic mass is 35.5. The van der Waals surface area contributed by atoms with Crippen LogP contribution >= 0.6 is 46.4 Å². The Hall–Kier alpha value is -9.52. The first-order chi connectivity index (χ1) is 41.2. The molecule has 10 aromatic heterocycles. The molecule has 0 spiro atoms. The average molecular weight is 1210 g/mol. The maximum absolute atomic E-state index is 13.2. The number of anilines is 1. The van der Waals surface area contributed by atoms with Crippen molar-refractivity contribution in [3.63, 3.8) is 0 Å². The van der Waals surface area contributed by atoms with Crippen molar-refractivity contribution in [1.29, 1.82) is 0 Å². The first-order valence-electron chi connectivity index (χ1n) is 26.3. The predicted molar refractivity (Wildman–Crippen MR) is 336 cm³/mol. The molecule has 0 fully saturated rings. The molecule has 0 radical (unpaired) electrons. The highest BCUT2D eigenvalue weighted by molar-refractivity contribution is 6.31. The number of aromatic nitrogens is 10. The number of hydrogen-bond donors (Lipinski definition) is 3. The highest BCUT2D eigenvalue weighted by Gasteiger charge is 2.19. The van der Waals surface area contributed by atoms with Crippen LogP contribution < -0.4 is 11.1 Å². The number of amides is 1. The number of hydrogen-bond acceptors (Lipinski definition) is 13. The van der Waals surface area contributed by atoms with Crippen molar-refractivity contribution in [2.24, 2.45) is 0 Å². The fourth-order valence-corrected chi connectivity index (χ4v) is 10.4. The number of benzene rings is 3. The number of esters is 2. The molecule has 426 valence electrons. The summed E-state index contributed by atoms with van der Waals surface area (Å²) in [4.78, 5) is 69.5. The smallest absolute Gasteiger partial charge is 0.340 e. The van der Waals surface area contributed by atoms with Gasteiger partial charge in [-0.2, -0.15) is 0 Å². The fourth-order valence-electron chi connectivity index (χ4n) is 9.73. The summed E-state index contributed by atoms with van der Waals surface area (Å²) in [7, 11) is 2.74. The van der Waals surface area contributed by atoms with Crippen LogP contribution in [0.15, 0.2) is 171 Å². The van der Waals surface area contributed by atoms with E-state index in [1.165, 1.54) is 14.2 Å². The summed E-state index contributed by atoms with van der Waals surface area (Å²) < 4.78 is 13.4. The fraction of sp³-hybridized carbons (Fsp3) is 0.125. The van der Waals surface area contributed by atoms with E-state index in [-0.39, 0.29) is 17.8 Å². The van der Waals surface area contributed by atoms with Crippen molar-refractivity contribution >= 4 is 136 Å². The summed E-state index contributed by atoms with van der Waals surface area (Å²) in [6, 6.07) is 36.5. The minimum atomic E-state index is -0.369. The molecule has 13 aromatic rings. The third-order valence-corrected chi connectivity index (χ3v) is 14.7. The van der Waals surface area contributed by atoms with Gasteiger partial charge in [0, 0.05) is 119 Å². The molecule has 4 N–H and O–H groups in total. The van der Waals surface area contributed by atoms with Crippen LogP contribution in [-0.2, 0) is 35.0 Å². The Morgan fingerprint density at radius 3 is 1.56 bits per heavy atom. The number of nitrogens with zero attached hydrogens (tertiary/aromatic N) is 9. The Morgan fingerprint density at radius 2 is 1.05 bits per heavy atom. The van der Waals surface area contributed by atoms with Gasteiger partial charge in [0.1, 0.15) is 22.8 Å². The number of aromatic amines is 1. The van der Waals surface area contributed by atoms with Gasteiger partial charge < -0.3 is 34.6 Å². The molecule has 13 rings (SSSR count). The van der Waals surface area contributed by atoms with Crippen LogP contribution in [0.1, 0.15) is 64.6 Å². The first kappa shape index (κ1) is 58.7. The van der Waals surface area contributed by atoms with E-state index in [2.05, 4.69) is 56.0 Å². The van der Waals surface area contributed by atoms with E-state index in [1.54, 1.807) is 55.6 Å². The number of aryl methyl sites for hydroxylation is 2. The second kappa shape index (κ2) is 26.4. The summed E-state index contributed by atoms with van der Waals surface area (Å²) in [6.45, 7) is 5.37. The number of nitrogens with two attached hydrogens (primary N) is 1. The Labute approximate surface area is 506 Å². The number of methoxy groups -OCH3 is 2. The Balaban J connectivity index is 0.000000137. The zero-order valence-corrected chi connectivity index (χ0v) is 49.2. The molecule has 17 nitrogen and oxygen atoms in total. The maximum Gasteiger partial charge on any atom is 0.340 e. The Morgan fingerprint density at radius 1 is 0.576 bits per heavy atom. The predicted octanol–water partition coefficient (Wildman–Crippen LogP) is 13.9. The number of fused-ring (bicyclic) bond motifs is 6. The molecule has 1 amide bonds. The van der Waals surface area contributed by atoms with Crippen molar-refractivity contribution in [1.82, 2.24) is 54.3 Å². The van der Waals surface area contributed by atoms with E-state index in [4.69, 9.17) is 56.9 Å². The Bertz CT molecular complexity index is 4620. The normalized spacial score (nSPS) is 11.0. The quantitative estimate of drug-likeness (QED) is 0.0857. The molecule has 21 heteroatoms. The molecule has 0 aliphatic heterocycles. The van der Waals surface area contributed by atoms with E-state index < -0.39 is 0 Å². The lowest BCUT2D eigenvalue weighted by Crippen LogP contribution is -2.24. The van der Waals surface area contributed by atoms with Gasteiger partial charge in [0.2, 0.25) is 0 Å². The van der Waals surface area contributed by atoms with E-state index in [0.29, 0.717) is 68.7 Å². The number of ether oxygens (including phenoxy) is 2. The van der Waals surface area contributed by atoms with Gasteiger partial charge in [-0.3, -0.25) is 19.7 Å². The maximum atomic E-state index is 13.2. The van der Waals surface area contributed by atoms with Crippen LogP contribution in [0.5, 0.6) is 0 Å². The topological polar surface area (TPSA) is 224 Å². The lowest BCUT2D eigenvalue weighted by atomic mass is 10.1. The highest BCUT2D eigenvalue weighted by Crippen LogP contribution is 2.27. The molecule has 0 atom stereocenters. The largest absolute Gasteiger partial charge is 0.465 e. The zero-order chi connectivity index (χ0) is 59.7. The Kier molecular flexibility index (Phi) is 18.2. The van der Waals surface area contributed by atoms with Crippen molar-refractivity contribution in [3.8, 4) is 0 Å². The number of nitrogens with one attached hydrogen (secondary N) is 2. The summed E-state index contributed by atoms with van der Waals surface area (Å²) in [5.41, 5.74) is 18.3. The van der Waals surface area contributed by atoms with Crippen molar-refractivity contribution in [2.75, 3.05) is 20.0 Å². The van der Waals surface area contributed by atoms with Crippen LogP contribution in [0.25, 0.3) is 65.8 Å². The zero-order valence-electron chi connectivity index (χ0n) is 46.1. The van der Waals surface area contributed by atoms with Gasteiger partial charge in [-0.25, -0.2) is 29.5 Å². The molecule has 0 bridgehead atoms. The minimum Gasteiger partial charge on any atom is -0.465 e. The van der Waals surface area contributed by atoms with Gasteiger partial charge in [-0.05, 0) is 139 Å². The molecule has 0 saturated heterocycles. The number of rotatable bonds is 10. The van der Waals surface area contributed by atoms with Gasteiger partial charge in [-0.15, -0.1) is 11.6 Å². The molecule has 0 saturated carbocycles. The summed E-state index contributed by atoms with van der Waals surface area (Å²) in [5, 5.41) is 10.2. The van der Waals surface area contributed by atoms with Crippen LogP contribution in [0.4, 0.5) is 5.82 Å². The number of alkyl halides is 1. The number of nitrogen functional groups attached to an aromatic ring is 1. The van der Waals surface area contributed by atoms with E-state index in [1.807, 2.05) is 132 Å². The molecule has 85 heavy (non-hydrogen) atoms. The second-order valence-corrected chi connectivity index (χ2v) is 21.0. The number of halogens is 4. The monoisotopic (exact) mass is 1210 g/mol. The summed E-state index contributed by atoms with van der Waals surface area (Å²) >= 11 is 23.7. The second-order valence-electron chi connectivity index (χ2n) is 19.5. The average Bonchev–Trinajstić information content (AvgIpc) is 3.61. The first-order valence-corrected chi connectivity index (χ1v) is 28.0. The molecule has 0 aliphatic carbocycles. The number of H-pyrrole nitrogens is 1. The van der Waals surface area contributed by atoms with E-state index in [0.717, 1.165) is 93.7 Å². The van der Waals surface area contributed by atoms with Crippen molar-refractivity contribution in [2.45, 2.75) is 39.4 Å². The van der Waals surface area contributed by atoms with Crippen LogP contribution in [-0.4, -0.2) is 81.1 Å². The molecule has 0 unspecified atom stereocenters. The van der Waals surface area contributed by atoms with Gasteiger partial charge in [0.15, 0.2) is 0 Å². The van der Waals surface area contributed by atoms with Crippen LogP contribution in [0.3, 0.4) is 0 Å². The molecular formula is C64H52Cl4N12O5. The summed E-state index contributed by atoms with van der Waals surface area (Å²) in [6.07, 6.45) is 15.3. The lowest BCUT2D eigenvalue weighted by Gasteiger charge is -2.11. The molecule has 10 heterocycles. The standard InChI is InChI=1S/C26H23ClN6O.C19H14ClN3O2.C10H7Cl2N.C9H8N2O2/c1-15-8-24(28)32-16(2)21(15)12-31-26(34)22-14-33(25-20(22)4-3-7-29-25)13-17-5-6-23-18(9-17)10-19(27)11-30-23;1-25-19(24)16-11-23(18-15(16)3-2-6-21-18)10-12-4-5-17-13(7-12)8-14(20)9-22-17;11-5-7-1-2-10-8(3-7)4-9(12)6-13-10;1-13-9(12)7-5-11-8-6(7)3-2-4-10-8/h3-11,14H,12-13H2,1-2H3,(H2,28,32)(H,31,34);2-9,11H,10H2,1H3;1-4,6H,5H2;2-5H,1H3,(H,10,11). The van der Waals surface area contributed by atoms with Crippen molar-refractivity contribution < 1.29 is 23.9 Å². The van der Waals surface area contributed by atoms with Crippen molar-refractivity contribution in [3.05, 3.63) is 236 Å². The van der Waals surface area contributed by atoms with Gasteiger partial charge >= 0.3 is 11.9 Å². The number of carbonyl (C=O) groups is 3. The molecular weight excluding hydrogens is 1160 g/mol. The van der Waals surface area contributed by atoms with Crippen LogP contribution in [0.2, 0.25) is 15.1 Å². The lowest BCUT2D eigenvalue weighted by molar-refractivity contribution is 0.0594. The van der Waals surface area contributed by atoms with Gasteiger partial charge in [0.05, 0.1) is 62.5 Å². The van der Waals surface area contributed by atoms with Gasteiger partial charge in [0.25, 0.3) is 5.91 Å². The minimum absolute atomic E-state index is 0.165. The summed E-state index contributed by atoms with van der Waals surface area (Å²) in [5.74, 6) is 0.112.